The smallest absolute Gasteiger partial charge is 0.335 e. The van der Waals surface area contributed by atoms with Crippen LogP contribution in [-0.2, 0) is 0 Å². The zero-order valence-electron chi connectivity index (χ0n) is 16.3. The van der Waals surface area contributed by atoms with Gasteiger partial charge in [-0.05, 0) is 61.8 Å². The molecule has 1 fully saturated rings. The number of nitrogens with zero attached hydrogens (tertiary/aromatic N) is 1. The molecule has 2 aromatic rings. The molecule has 6 nitrogen and oxygen atoms in total. The minimum absolute atomic E-state index is 0.106. The van der Waals surface area contributed by atoms with Crippen LogP contribution in [0, 0.1) is 0 Å². The lowest BCUT2D eigenvalue weighted by Gasteiger charge is -2.22. The monoisotopic (exact) mass is 382 g/mol. The summed E-state index contributed by atoms with van der Waals surface area (Å²) in [5.41, 5.74) is 2.28. The Bertz CT molecular complexity index is 865. The van der Waals surface area contributed by atoms with Crippen molar-refractivity contribution in [1.29, 1.82) is 0 Å². The van der Waals surface area contributed by atoms with Gasteiger partial charge in [-0.2, -0.15) is 0 Å². The summed E-state index contributed by atoms with van der Waals surface area (Å²) < 4.78 is 5.36. The Kier molecular flexibility index (Phi) is 6.31. The second-order valence-electron chi connectivity index (χ2n) is 6.94. The number of rotatable bonds is 7. The summed E-state index contributed by atoms with van der Waals surface area (Å²) >= 11 is 0. The largest absolute Gasteiger partial charge is 0.496 e. The molecule has 0 spiro atoms. The normalized spacial score (nSPS) is 16.7. The number of carboxylic acid groups (broad SMARTS) is 1. The number of nitrogens with one attached hydrogen (secondary N) is 1. The maximum atomic E-state index is 12.6. The van der Waals surface area contributed by atoms with Gasteiger partial charge in [0.15, 0.2) is 0 Å². The van der Waals surface area contributed by atoms with Gasteiger partial charge < -0.3 is 15.2 Å². The molecule has 1 amide bonds. The van der Waals surface area contributed by atoms with Crippen molar-refractivity contribution in [2.75, 3.05) is 26.7 Å². The van der Waals surface area contributed by atoms with Crippen LogP contribution in [0.1, 0.15) is 40.5 Å². The van der Waals surface area contributed by atoms with Crippen LogP contribution in [0.3, 0.4) is 0 Å². The highest BCUT2D eigenvalue weighted by Gasteiger charge is 2.23. The highest BCUT2D eigenvalue weighted by Crippen LogP contribution is 2.31. The number of aromatic carboxylic acids is 1. The highest BCUT2D eigenvalue weighted by molar-refractivity contribution is 5.96. The van der Waals surface area contributed by atoms with Crippen molar-refractivity contribution in [3.05, 3.63) is 53.6 Å². The van der Waals surface area contributed by atoms with Crippen molar-refractivity contribution in [3.63, 3.8) is 0 Å². The maximum Gasteiger partial charge on any atom is 0.335 e. The molecule has 148 valence electrons. The lowest BCUT2D eigenvalue weighted by atomic mass is 10.00. The van der Waals surface area contributed by atoms with Gasteiger partial charge in [0.1, 0.15) is 5.75 Å². The Hall–Kier alpha value is -2.86. The van der Waals surface area contributed by atoms with Gasteiger partial charge in [-0.15, -0.1) is 0 Å². The van der Waals surface area contributed by atoms with E-state index in [2.05, 4.69) is 17.1 Å². The van der Waals surface area contributed by atoms with Gasteiger partial charge in [-0.3, -0.25) is 9.69 Å². The molecule has 6 heteroatoms. The summed E-state index contributed by atoms with van der Waals surface area (Å²) in [6.45, 7) is 4.89. The van der Waals surface area contributed by atoms with E-state index in [1.165, 1.54) is 25.7 Å². The number of ether oxygens (including phenoxy) is 1. The van der Waals surface area contributed by atoms with Gasteiger partial charge in [0.2, 0.25) is 0 Å². The number of benzene rings is 2. The van der Waals surface area contributed by atoms with Crippen molar-refractivity contribution in [2.45, 2.75) is 25.8 Å². The molecule has 2 aromatic carbocycles. The first-order valence-corrected chi connectivity index (χ1v) is 9.57. The average molecular weight is 382 g/mol. The quantitative estimate of drug-likeness (QED) is 0.768. The number of likely N-dealkylation sites (N-methyl/N-ethyl adjacent to an activating group) is 1. The molecular formula is C22H26N2O4. The molecule has 28 heavy (non-hydrogen) atoms. The van der Waals surface area contributed by atoms with E-state index < -0.39 is 5.97 Å². The average Bonchev–Trinajstić information content (AvgIpc) is 3.19. The Morgan fingerprint density at radius 1 is 1.21 bits per heavy atom. The van der Waals surface area contributed by atoms with Crippen molar-refractivity contribution >= 4 is 11.9 Å². The van der Waals surface area contributed by atoms with Crippen LogP contribution < -0.4 is 10.1 Å². The maximum absolute atomic E-state index is 12.6. The van der Waals surface area contributed by atoms with E-state index in [-0.39, 0.29) is 11.5 Å². The standard InChI is InChI=1S/C22H26N2O4/c1-3-24-11-5-8-18(24)14-23-21(25)16-7-4-6-15(12-16)19-10-9-17(22(26)27)13-20(19)28-2/h4,6-7,9-10,12-13,18H,3,5,8,11,14H2,1-2H3,(H,23,25)(H,26,27). The molecule has 1 saturated heterocycles. The predicted octanol–water partition coefficient (Wildman–Crippen LogP) is 3.27. The fraction of sp³-hybridized carbons (Fsp3) is 0.364. The highest BCUT2D eigenvalue weighted by atomic mass is 16.5. The molecule has 0 bridgehead atoms. The summed E-state index contributed by atoms with van der Waals surface area (Å²) in [6.07, 6.45) is 2.29. The van der Waals surface area contributed by atoms with Gasteiger partial charge in [-0.25, -0.2) is 4.79 Å². The second kappa shape index (κ2) is 8.89. The number of amides is 1. The molecule has 0 radical (unpaired) electrons. The van der Waals surface area contributed by atoms with Gasteiger partial charge >= 0.3 is 5.97 Å². The topological polar surface area (TPSA) is 78.9 Å². The van der Waals surface area contributed by atoms with E-state index in [9.17, 15) is 9.59 Å². The first-order valence-electron chi connectivity index (χ1n) is 9.57. The predicted molar refractivity (Wildman–Crippen MR) is 108 cm³/mol. The van der Waals surface area contributed by atoms with Gasteiger partial charge in [-0.1, -0.05) is 19.1 Å². The summed E-state index contributed by atoms with van der Waals surface area (Å²) in [6, 6.07) is 12.4. The van der Waals surface area contributed by atoms with Crippen LogP contribution in [0.15, 0.2) is 42.5 Å². The molecule has 0 aromatic heterocycles. The summed E-state index contributed by atoms with van der Waals surface area (Å²) in [7, 11) is 1.50. The molecule has 1 aliphatic heterocycles. The van der Waals surface area contributed by atoms with Crippen LogP contribution in [-0.4, -0.2) is 54.7 Å². The lowest BCUT2D eigenvalue weighted by Crippen LogP contribution is -2.40. The van der Waals surface area contributed by atoms with Crippen molar-refractivity contribution in [2.24, 2.45) is 0 Å². The number of carbonyl (C=O) groups excluding carboxylic acids is 1. The second-order valence-corrected chi connectivity index (χ2v) is 6.94. The molecular weight excluding hydrogens is 356 g/mol. The van der Waals surface area contributed by atoms with Crippen molar-refractivity contribution in [3.8, 4) is 16.9 Å². The van der Waals surface area contributed by atoms with Gasteiger partial charge in [0.05, 0.1) is 12.7 Å². The molecule has 1 heterocycles. The number of methoxy groups -OCH3 is 1. The Morgan fingerprint density at radius 2 is 2.04 bits per heavy atom. The lowest BCUT2D eigenvalue weighted by molar-refractivity contribution is 0.0696. The first-order chi connectivity index (χ1) is 13.5. The number of carboxylic acids is 1. The summed E-state index contributed by atoms with van der Waals surface area (Å²) in [5, 5.41) is 12.2. The third kappa shape index (κ3) is 4.34. The van der Waals surface area contributed by atoms with Crippen LogP contribution in [0.2, 0.25) is 0 Å². The molecule has 1 aliphatic rings. The molecule has 0 saturated carbocycles. The molecule has 1 atom stereocenters. The van der Waals surface area contributed by atoms with E-state index in [0.717, 1.165) is 30.6 Å². The fourth-order valence-electron chi connectivity index (χ4n) is 3.75. The molecule has 1 unspecified atom stereocenters. The van der Waals surface area contributed by atoms with Crippen LogP contribution in [0.25, 0.3) is 11.1 Å². The van der Waals surface area contributed by atoms with E-state index in [0.29, 0.717) is 23.9 Å². The van der Waals surface area contributed by atoms with Crippen molar-refractivity contribution in [1.82, 2.24) is 10.2 Å². The molecule has 0 aliphatic carbocycles. The third-order valence-electron chi connectivity index (χ3n) is 5.29. The summed E-state index contributed by atoms with van der Waals surface area (Å²) in [4.78, 5) is 26.2. The molecule has 2 N–H and O–H groups in total. The van der Waals surface area contributed by atoms with Gasteiger partial charge in [0.25, 0.3) is 5.91 Å². The summed E-state index contributed by atoms with van der Waals surface area (Å²) in [5.74, 6) is -0.654. The zero-order chi connectivity index (χ0) is 20.1. The van der Waals surface area contributed by atoms with Gasteiger partial charge in [0, 0.05) is 23.7 Å². The fourth-order valence-corrected chi connectivity index (χ4v) is 3.75. The third-order valence-corrected chi connectivity index (χ3v) is 5.29. The first kappa shape index (κ1) is 19.9. The zero-order valence-corrected chi connectivity index (χ0v) is 16.3. The number of likely N-dealkylation sites (tertiary alicyclic amines) is 1. The van der Waals surface area contributed by atoms with Crippen molar-refractivity contribution < 1.29 is 19.4 Å². The minimum Gasteiger partial charge on any atom is -0.496 e. The Morgan fingerprint density at radius 3 is 2.75 bits per heavy atom. The van der Waals surface area contributed by atoms with Crippen LogP contribution in [0.4, 0.5) is 0 Å². The SMILES string of the molecule is CCN1CCCC1CNC(=O)c1cccc(-c2ccc(C(=O)O)cc2OC)c1. The van der Waals surface area contributed by atoms with E-state index in [1.54, 1.807) is 18.2 Å². The molecule has 3 rings (SSSR count). The number of hydrogen-bond donors (Lipinski definition) is 2. The Balaban J connectivity index is 1.77. The van der Waals surface area contributed by atoms with Crippen LogP contribution >= 0.6 is 0 Å². The van der Waals surface area contributed by atoms with Crippen LogP contribution in [0.5, 0.6) is 5.75 Å². The number of carbonyl (C=O) groups is 2. The van der Waals surface area contributed by atoms with E-state index >= 15 is 0 Å². The van der Waals surface area contributed by atoms with E-state index in [1.807, 2.05) is 12.1 Å². The number of hydrogen-bond acceptors (Lipinski definition) is 4. The van der Waals surface area contributed by atoms with E-state index in [4.69, 9.17) is 9.84 Å². The Labute approximate surface area is 165 Å². The minimum atomic E-state index is -1.01.